The number of hydrogen-bond donors (Lipinski definition) is 3. The van der Waals surface area contributed by atoms with Crippen LogP contribution < -0.4 is 16.4 Å². The molecule has 0 aromatic heterocycles. The SMILES string of the molecule is Fc1ccc(F)c(C2CCCN2)c1.NC(=O)N1CCNCC1. The van der Waals surface area contributed by atoms with E-state index in [2.05, 4.69) is 10.6 Å². The molecule has 2 amide bonds. The van der Waals surface area contributed by atoms with Gasteiger partial charge in [0.1, 0.15) is 11.6 Å². The Bertz CT molecular complexity index is 500. The number of benzene rings is 1. The molecule has 4 N–H and O–H groups in total. The number of nitrogens with zero attached hydrogens (tertiary/aromatic N) is 1. The maximum atomic E-state index is 13.2. The van der Waals surface area contributed by atoms with Crippen LogP contribution in [0.2, 0.25) is 0 Å². The van der Waals surface area contributed by atoms with E-state index < -0.39 is 0 Å². The molecule has 3 rings (SSSR count). The summed E-state index contributed by atoms with van der Waals surface area (Å²) in [7, 11) is 0. The molecule has 1 aromatic rings. The summed E-state index contributed by atoms with van der Waals surface area (Å²) in [5.41, 5.74) is 5.48. The molecule has 7 heteroatoms. The molecule has 0 aliphatic carbocycles. The van der Waals surface area contributed by atoms with Crippen molar-refractivity contribution in [2.75, 3.05) is 32.7 Å². The normalized spacial score (nSPS) is 21.2. The van der Waals surface area contributed by atoms with Crippen molar-refractivity contribution in [1.82, 2.24) is 15.5 Å². The summed E-state index contributed by atoms with van der Waals surface area (Å²) >= 11 is 0. The van der Waals surface area contributed by atoms with E-state index in [0.717, 1.165) is 51.6 Å². The maximum absolute atomic E-state index is 13.2. The minimum Gasteiger partial charge on any atom is -0.351 e. The van der Waals surface area contributed by atoms with Crippen LogP contribution in [0.5, 0.6) is 0 Å². The lowest BCUT2D eigenvalue weighted by molar-refractivity contribution is 0.200. The van der Waals surface area contributed by atoms with Gasteiger partial charge in [0.15, 0.2) is 0 Å². The number of primary amides is 1. The lowest BCUT2D eigenvalue weighted by atomic mass is 10.0. The lowest BCUT2D eigenvalue weighted by Gasteiger charge is -2.25. The maximum Gasteiger partial charge on any atom is 0.314 e. The van der Waals surface area contributed by atoms with E-state index >= 15 is 0 Å². The molecular formula is C15H22F2N4O. The molecule has 122 valence electrons. The average Bonchev–Trinajstić information content (AvgIpc) is 3.05. The average molecular weight is 312 g/mol. The smallest absolute Gasteiger partial charge is 0.314 e. The van der Waals surface area contributed by atoms with Crippen molar-refractivity contribution in [2.24, 2.45) is 5.73 Å². The summed E-state index contributed by atoms with van der Waals surface area (Å²) in [6.45, 7) is 4.11. The van der Waals surface area contributed by atoms with Gasteiger partial charge in [-0.3, -0.25) is 0 Å². The van der Waals surface area contributed by atoms with Crippen LogP contribution in [0.25, 0.3) is 0 Å². The topological polar surface area (TPSA) is 70.4 Å². The number of nitrogens with two attached hydrogens (primary N) is 1. The molecule has 0 spiro atoms. The van der Waals surface area contributed by atoms with Gasteiger partial charge in [0, 0.05) is 37.8 Å². The Morgan fingerprint density at radius 2 is 1.95 bits per heavy atom. The van der Waals surface area contributed by atoms with Crippen LogP contribution in [0.3, 0.4) is 0 Å². The molecular weight excluding hydrogens is 290 g/mol. The molecule has 22 heavy (non-hydrogen) atoms. The van der Waals surface area contributed by atoms with Gasteiger partial charge in [-0.15, -0.1) is 0 Å². The van der Waals surface area contributed by atoms with Crippen molar-refractivity contribution < 1.29 is 13.6 Å². The summed E-state index contributed by atoms with van der Waals surface area (Å²) in [5.74, 6) is -0.689. The van der Waals surface area contributed by atoms with E-state index in [-0.39, 0.29) is 23.7 Å². The molecule has 1 aromatic carbocycles. The highest BCUT2D eigenvalue weighted by atomic mass is 19.1. The summed E-state index contributed by atoms with van der Waals surface area (Å²) < 4.78 is 26.0. The van der Waals surface area contributed by atoms with E-state index in [1.807, 2.05) is 0 Å². The van der Waals surface area contributed by atoms with E-state index in [0.29, 0.717) is 5.56 Å². The van der Waals surface area contributed by atoms with Gasteiger partial charge in [-0.1, -0.05) is 0 Å². The van der Waals surface area contributed by atoms with E-state index in [9.17, 15) is 13.6 Å². The fourth-order valence-electron chi connectivity index (χ4n) is 2.62. The van der Waals surface area contributed by atoms with Crippen LogP contribution >= 0.6 is 0 Å². The number of nitrogens with one attached hydrogen (secondary N) is 2. The molecule has 2 fully saturated rings. The predicted octanol–water partition coefficient (Wildman–Crippen LogP) is 1.36. The van der Waals surface area contributed by atoms with Gasteiger partial charge in [-0.25, -0.2) is 13.6 Å². The molecule has 0 radical (unpaired) electrons. The molecule has 2 aliphatic heterocycles. The highest BCUT2D eigenvalue weighted by Crippen LogP contribution is 2.25. The predicted molar refractivity (Wildman–Crippen MR) is 80.4 cm³/mol. The highest BCUT2D eigenvalue weighted by Gasteiger charge is 2.19. The fraction of sp³-hybridized carbons (Fsp3) is 0.533. The zero-order chi connectivity index (χ0) is 15.9. The van der Waals surface area contributed by atoms with E-state index in [1.165, 1.54) is 12.1 Å². The summed E-state index contributed by atoms with van der Waals surface area (Å²) in [6.07, 6.45) is 1.92. The quantitative estimate of drug-likeness (QED) is 0.733. The van der Waals surface area contributed by atoms with E-state index in [1.54, 1.807) is 4.90 Å². The first-order chi connectivity index (χ1) is 10.6. The third-order valence-corrected chi connectivity index (χ3v) is 3.82. The molecule has 2 heterocycles. The zero-order valence-corrected chi connectivity index (χ0v) is 12.4. The van der Waals surface area contributed by atoms with Crippen molar-refractivity contribution in [2.45, 2.75) is 18.9 Å². The van der Waals surface area contributed by atoms with Crippen LogP contribution in [0, 0.1) is 11.6 Å². The summed E-state index contributed by atoms with van der Waals surface area (Å²) in [5, 5.41) is 6.25. The van der Waals surface area contributed by atoms with E-state index in [4.69, 9.17) is 5.73 Å². The second-order valence-corrected chi connectivity index (χ2v) is 5.39. The molecule has 2 aliphatic rings. The van der Waals surface area contributed by atoms with Crippen molar-refractivity contribution in [1.29, 1.82) is 0 Å². The summed E-state index contributed by atoms with van der Waals surface area (Å²) in [6, 6.07) is 3.30. The van der Waals surface area contributed by atoms with Crippen molar-refractivity contribution in [3.63, 3.8) is 0 Å². The molecule has 5 nitrogen and oxygen atoms in total. The first kappa shape index (κ1) is 16.6. The van der Waals surface area contributed by atoms with Crippen LogP contribution in [0.4, 0.5) is 13.6 Å². The number of hydrogen-bond acceptors (Lipinski definition) is 3. The summed E-state index contributed by atoms with van der Waals surface area (Å²) in [4.78, 5) is 12.1. The van der Waals surface area contributed by atoms with Gasteiger partial charge in [-0.05, 0) is 37.6 Å². The van der Waals surface area contributed by atoms with Gasteiger partial charge in [0.2, 0.25) is 0 Å². The number of rotatable bonds is 1. The Kier molecular flexibility index (Phi) is 6.09. The van der Waals surface area contributed by atoms with Gasteiger partial charge in [0.25, 0.3) is 0 Å². The van der Waals surface area contributed by atoms with Crippen molar-refractivity contribution in [3.05, 3.63) is 35.4 Å². The molecule has 0 bridgehead atoms. The molecule has 2 saturated heterocycles. The standard InChI is InChI=1S/C10H11F2N.C5H11N3O/c11-7-3-4-9(12)8(6-7)10-2-1-5-13-10;6-5(9)8-3-1-7-2-4-8/h3-4,6,10,13H,1-2,5H2;7H,1-4H2,(H2,6,9). The number of urea groups is 1. The number of carbonyl (C=O) groups excluding carboxylic acids is 1. The van der Waals surface area contributed by atoms with Crippen molar-refractivity contribution in [3.8, 4) is 0 Å². The fourth-order valence-corrected chi connectivity index (χ4v) is 2.62. The Balaban J connectivity index is 0.000000172. The largest absolute Gasteiger partial charge is 0.351 e. The van der Waals surface area contributed by atoms with Crippen LogP contribution in [-0.4, -0.2) is 43.7 Å². The third-order valence-electron chi connectivity index (χ3n) is 3.82. The Morgan fingerprint density at radius 3 is 2.50 bits per heavy atom. The Labute approximate surface area is 128 Å². The van der Waals surface area contributed by atoms with Crippen LogP contribution in [-0.2, 0) is 0 Å². The number of piperazine rings is 1. The second kappa shape index (κ2) is 8.05. The minimum absolute atomic E-state index is 0.00398. The second-order valence-electron chi connectivity index (χ2n) is 5.39. The lowest BCUT2D eigenvalue weighted by Crippen LogP contribution is -2.48. The molecule has 1 atom stereocenters. The number of halogens is 2. The van der Waals surface area contributed by atoms with Crippen LogP contribution in [0.15, 0.2) is 18.2 Å². The van der Waals surface area contributed by atoms with Crippen molar-refractivity contribution >= 4 is 6.03 Å². The third kappa shape index (κ3) is 4.64. The number of amides is 2. The first-order valence-electron chi connectivity index (χ1n) is 7.51. The Morgan fingerprint density at radius 1 is 1.23 bits per heavy atom. The Hall–Kier alpha value is -1.73. The monoisotopic (exact) mass is 312 g/mol. The number of carbonyl (C=O) groups is 1. The van der Waals surface area contributed by atoms with Crippen LogP contribution in [0.1, 0.15) is 24.4 Å². The first-order valence-corrected chi connectivity index (χ1v) is 7.51. The van der Waals surface area contributed by atoms with Gasteiger partial charge in [-0.2, -0.15) is 0 Å². The molecule has 1 unspecified atom stereocenters. The zero-order valence-electron chi connectivity index (χ0n) is 12.4. The van der Waals surface area contributed by atoms with Gasteiger partial charge < -0.3 is 21.3 Å². The highest BCUT2D eigenvalue weighted by molar-refractivity contribution is 5.72. The van der Waals surface area contributed by atoms with Gasteiger partial charge >= 0.3 is 6.03 Å². The molecule has 0 saturated carbocycles. The minimum atomic E-state index is -0.370. The van der Waals surface area contributed by atoms with Gasteiger partial charge in [0.05, 0.1) is 0 Å².